The van der Waals surface area contributed by atoms with Crippen LogP contribution in [0.1, 0.15) is 97.5 Å². The molecule has 2 heterocycles. The van der Waals surface area contributed by atoms with Crippen molar-refractivity contribution in [3.05, 3.63) is 30.0 Å². The van der Waals surface area contributed by atoms with Crippen molar-refractivity contribution in [2.24, 2.45) is 11.3 Å². The number of carbonyl (C=O) groups is 4. The molecule has 296 valence electrons. The number of carbonyl (C=O) groups excluding carboxylic acids is 4. The highest BCUT2D eigenvalue weighted by atomic mass is 32.2. The summed E-state index contributed by atoms with van der Waals surface area (Å²) in [6, 6.07) is 3.17. The van der Waals surface area contributed by atoms with Gasteiger partial charge in [-0.2, -0.15) is 8.42 Å². The van der Waals surface area contributed by atoms with Gasteiger partial charge in [0.2, 0.25) is 11.8 Å². The molecule has 3 aliphatic carbocycles. The molecule has 6 rings (SSSR count). The molecule has 4 amide bonds. The molecule has 4 fully saturated rings. The zero-order chi connectivity index (χ0) is 39.0. The Labute approximate surface area is 316 Å². The Kier molecular flexibility index (Phi) is 11.4. The third-order valence-corrected chi connectivity index (χ3v) is 12.2. The number of nitrogens with zero attached hydrogens (tertiary/aromatic N) is 2. The standard InChI is InChI=1S/C38H53N5O10S/c1-7-23-16-18-38(23,35(46)42-54(48,49)53-25-12-13-25)41-33(44)28-20-26(51-30-17-19-39-31-22(2)29(50-6)15-14-27(30)31)21-43(28)34(45)32(37(3,4)5)40-36(47)52-24-10-8-9-11-24/h14-15,17,19,23-26,28,32H,7-13,16,18,20-21H2,1-6H3,(H,40,47)(H,41,44)(H,42,46)/t23?,26-,28?,32?,38-/m1/s1. The lowest BCUT2D eigenvalue weighted by Crippen LogP contribution is -2.70. The van der Waals surface area contributed by atoms with Crippen molar-refractivity contribution in [1.82, 2.24) is 25.2 Å². The van der Waals surface area contributed by atoms with Crippen LogP contribution in [0.5, 0.6) is 11.5 Å². The number of likely N-dealkylation sites (tertiary alicyclic amines) is 1. The maximum Gasteiger partial charge on any atom is 0.408 e. The van der Waals surface area contributed by atoms with E-state index in [2.05, 4.69) is 15.6 Å². The summed E-state index contributed by atoms with van der Waals surface area (Å²) in [7, 11) is -2.82. The van der Waals surface area contributed by atoms with Gasteiger partial charge in [0.1, 0.15) is 41.3 Å². The van der Waals surface area contributed by atoms with E-state index in [0.717, 1.165) is 36.6 Å². The second kappa shape index (κ2) is 15.5. The van der Waals surface area contributed by atoms with E-state index in [-0.39, 0.29) is 31.4 Å². The topological polar surface area (TPSA) is 192 Å². The number of pyridine rings is 1. The van der Waals surface area contributed by atoms with Crippen molar-refractivity contribution in [2.45, 2.75) is 135 Å². The van der Waals surface area contributed by atoms with Gasteiger partial charge in [-0.15, -0.1) is 0 Å². The molecule has 5 atom stereocenters. The third kappa shape index (κ3) is 8.38. The fraction of sp³-hybridized carbons (Fsp3) is 0.658. The molecule has 15 nitrogen and oxygen atoms in total. The Morgan fingerprint density at radius 2 is 1.72 bits per heavy atom. The Hall–Kier alpha value is -4.18. The summed E-state index contributed by atoms with van der Waals surface area (Å²) >= 11 is 0. The van der Waals surface area contributed by atoms with Crippen LogP contribution in [-0.2, 0) is 33.6 Å². The lowest BCUT2D eigenvalue weighted by molar-refractivity contribution is -0.146. The average Bonchev–Trinajstić information content (AvgIpc) is 3.55. The summed E-state index contributed by atoms with van der Waals surface area (Å²) in [5.41, 5.74) is -0.830. The van der Waals surface area contributed by atoms with E-state index < -0.39 is 69.4 Å². The second-order valence-electron chi connectivity index (χ2n) is 16.1. The summed E-state index contributed by atoms with van der Waals surface area (Å²) in [5.74, 6) is -1.22. The van der Waals surface area contributed by atoms with Gasteiger partial charge >= 0.3 is 16.4 Å². The van der Waals surface area contributed by atoms with E-state index in [1.54, 1.807) is 19.4 Å². The van der Waals surface area contributed by atoms with Crippen LogP contribution < -0.4 is 24.8 Å². The minimum atomic E-state index is -4.40. The van der Waals surface area contributed by atoms with Gasteiger partial charge in [-0.05, 0) is 87.8 Å². The van der Waals surface area contributed by atoms with E-state index in [0.29, 0.717) is 42.7 Å². The smallest absolute Gasteiger partial charge is 0.408 e. The maximum atomic E-state index is 14.6. The lowest BCUT2D eigenvalue weighted by atomic mass is 9.64. The van der Waals surface area contributed by atoms with E-state index in [1.807, 2.05) is 51.5 Å². The molecular formula is C38H53N5O10S. The number of amides is 4. The molecule has 1 saturated heterocycles. The molecule has 16 heteroatoms. The first kappa shape index (κ1) is 39.5. The largest absolute Gasteiger partial charge is 0.496 e. The van der Waals surface area contributed by atoms with Gasteiger partial charge in [0.15, 0.2) is 0 Å². The normalized spacial score (nSPS) is 25.1. The first-order valence-corrected chi connectivity index (χ1v) is 20.4. The van der Waals surface area contributed by atoms with Crippen molar-refractivity contribution in [2.75, 3.05) is 13.7 Å². The third-order valence-electron chi connectivity index (χ3n) is 11.2. The average molecular weight is 772 g/mol. The van der Waals surface area contributed by atoms with Crippen LogP contribution in [0.15, 0.2) is 24.4 Å². The Balaban J connectivity index is 1.29. The minimum Gasteiger partial charge on any atom is -0.496 e. The molecule has 0 spiro atoms. The second-order valence-corrected chi connectivity index (χ2v) is 17.4. The van der Waals surface area contributed by atoms with Crippen molar-refractivity contribution in [3.63, 3.8) is 0 Å². The van der Waals surface area contributed by atoms with E-state index in [1.165, 1.54) is 4.90 Å². The van der Waals surface area contributed by atoms with Crippen molar-refractivity contribution < 1.29 is 46.0 Å². The van der Waals surface area contributed by atoms with Gasteiger partial charge in [-0.3, -0.25) is 23.6 Å². The first-order chi connectivity index (χ1) is 25.5. The zero-order valence-electron chi connectivity index (χ0n) is 31.9. The summed E-state index contributed by atoms with van der Waals surface area (Å²) in [4.78, 5) is 61.9. The van der Waals surface area contributed by atoms with Crippen molar-refractivity contribution in [1.29, 1.82) is 0 Å². The summed E-state index contributed by atoms with van der Waals surface area (Å²) < 4.78 is 50.2. The van der Waals surface area contributed by atoms with Gasteiger partial charge in [-0.1, -0.05) is 34.1 Å². The van der Waals surface area contributed by atoms with E-state index in [4.69, 9.17) is 18.4 Å². The number of hydrogen-bond acceptors (Lipinski definition) is 11. The number of methoxy groups -OCH3 is 1. The van der Waals surface area contributed by atoms with Gasteiger partial charge in [0.05, 0.1) is 25.3 Å². The molecule has 1 aliphatic heterocycles. The number of nitrogens with one attached hydrogen (secondary N) is 3. The molecule has 3 saturated carbocycles. The molecule has 3 unspecified atom stereocenters. The van der Waals surface area contributed by atoms with Crippen molar-refractivity contribution >= 4 is 45.0 Å². The molecule has 0 bridgehead atoms. The molecule has 54 heavy (non-hydrogen) atoms. The maximum absolute atomic E-state index is 14.6. The van der Waals surface area contributed by atoms with Crippen LogP contribution in [0.4, 0.5) is 4.79 Å². The molecule has 4 aliphatic rings. The number of hydrogen-bond donors (Lipinski definition) is 3. The molecule has 1 aromatic heterocycles. The van der Waals surface area contributed by atoms with Gasteiger partial charge in [0, 0.05) is 23.6 Å². The summed E-state index contributed by atoms with van der Waals surface area (Å²) in [6.07, 6.45) is 5.47. The summed E-state index contributed by atoms with van der Waals surface area (Å²) in [5, 5.41) is 6.40. The van der Waals surface area contributed by atoms with Gasteiger partial charge < -0.3 is 29.7 Å². The highest BCUT2D eigenvalue weighted by molar-refractivity contribution is 7.85. The lowest BCUT2D eigenvalue weighted by Gasteiger charge is -2.48. The van der Waals surface area contributed by atoms with E-state index >= 15 is 0 Å². The fourth-order valence-corrected chi connectivity index (χ4v) is 8.91. The molecule has 3 N–H and O–H groups in total. The predicted octanol–water partition coefficient (Wildman–Crippen LogP) is 4.20. The quantitative estimate of drug-likeness (QED) is 0.265. The Morgan fingerprint density at radius 3 is 2.33 bits per heavy atom. The highest BCUT2D eigenvalue weighted by Gasteiger charge is 2.56. The van der Waals surface area contributed by atoms with Gasteiger partial charge in [-0.25, -0.2) is 9.52 Å². The number of alkyl carbamates (subject to hydrolysis) is 1. The number of aromatic nitrogens is 1. The highest BCUT2D eigenvalue weighted by Crippen LogP contribution is 2.42. The van der Waals surface area contributed by atoms with Crippen LogP contribution >= 0.6 is 0 Å². The number of fused-ring (bicyclic) bond motifs is 1. The van der Waals surface area contributed by atoms with Crippen LogP contribution in [0.25, 0.3) is 10.9 Å². The first-order valence-electron chi connectivity index (χ1n) is 19.0. The Bertz CT molecular complexity index is 1870. The number of aryl methyl sites for hydroxylation is 1. The Morgan fingerprint density at radius 1 is 1.00 bits per heavy atom. The monoisotopic (exact) mass is 771 g/mol. The predicted molar refractivity (Wildman–Crippen MR) is 198 cm³/mol. The SMILES string of the molecule is CCC1CC[C@]1(NC(=O)C1C[C@@H](Oc2ccnc3c(C)c(OC)ccc23)CN1C(=O)C(NC(=O)OC1CCCC1)C(C)(C)C)C(=O)NS(=O)(=O)OC1CC1. The van der Waals surface area contributed by atoms with Crippen LogP contribution in [0, 0.1) is 18.3 Å². The number of rotatable bonds is 13. The van der Waals surface area contributed by atoms with Crippen LogP contribution in [-0.4, -0.2) is 91.7 Å². The summed E-state index contributed by atoms with van der Waals surface area (Å²) in [6.45, 7) is 9.19. The van der Waals surface area contributed by atoms with Crippen LogP contribution in [0.2, 0.25) is 0 Å². The van der Waals surface area contributed by atoms with Gasteiger partial charge in [0.25, 0.3) is 5.91 Å². The number of benzene rings is 1. The van der Waals surface area contributed by atoms with E-state index in [9.17, 15) is 27.6 Å². The fourth-order valence-electron chi connectivity index (χ4n) is 7.90. The number of ether oxygens (including phenoxy) is 3. The molecule has 2 aromatic rings. The minimum absolute atomic E-state index is 0.0121. The zero-order valence-corrected chi connectivity index (χ0v) is 32.8. The molecule has 1 aromatic carbocycles. The van der Waals surface area contributed by atoms with Crippen molar-refractivity contribution in [3.8, 4) is 11.5 Å². The molecule has 0 radical (unpaired) electrons. The molecular weight excluding hydrogens is 719 g/mol. The van der Waals surface area contributed by atoms with Crippen LogP contribution in [0.3, 0.4) is 0 Å².